The van der Waals surface area contributed by atoms with Crippen molar-refractivity contribution < 1.29 is 14.3 Å². The van der Waals surface area contributed by atoms with Crippen LogP contribution in [-0.2, 0) is 0 Å². The average molecular weight is 450 g/mol. The monoisotopic (exact) mass is 449 g/mol. The van der Waals surface area contributed by atoms with Gasteiger partial charge in [0.25, 0.3) is 11.8 Å². The zero-order chi connectivity index (χ0) is 22.3. The van der Waals surface area contributed by atoms with E-state index in [2.05, 4.69) is 10.2 Å². The molecule has 2 amide bonds. The smallest absolute Gasteiger partial charge is 0.264 e. The predicted octanol–water partition coefficient (Wildman–Crippen LogP) is 4.75. The van der Waals surface area contributed by atoms with E-state index < -0.39 is 0 Å². The molecule has 7 heteroatoms. The first-order valence-electron chi connectivity index (χ1n) is 10.9. The van der Waals surface area contributed by atoms with Gasteiger partial charge in [0, 0.05) is 43.1 Å². The number of nitrogens with zero attached hydrogens (tertiary/aromatic N) is 2. The molecule has 1 saturated heterocycles. The number of piperazine rings is 1. The minimum atomic E-state index is -0.166. The van der Waals surface area contributed by atoms with E-state index in [0.29, 0.717) is 31.0 Å². The van der Waals surface area contributed by atoms with Crippen LogP contribution in [0.15, 0.2) is 66.0 Å². The Morgan fingerprint density at radius 2 is 1.78 bits per heavy atom. The van der Waals surface area contributed by atoms with Gasteiger partial charge in [0.2, 0.25) is 0 Å². The van der Waals surface area contributed by atoms with Crippen LogP contribution in [0.25, 0.3) is 0 Å². The summed E-state index contributed by atoms with van der Waals surface area (Å²) in [6.45, 7) is 5.64. The summed E-state index contributed by atoms with van der Waals surface area (Å²) in [5, 5.41) is 4.88. The summed E-state index contributed by atoms with van der Waals surface area (Å²) in [5.74, 6) is 0.647. The molecule has 0 aliphatic carbocycles. The summed E-state index contributed by atoms with van der Waals surface area (Å²) < 4.78 is 5.61. The third kappa shape index (κ3) is 5.29. The minimum absolute atomic E-state index is 0.113. The summed E-state index contributed by atoms with van der Waals surface area (Å²) in [7, 11) is 0. The Morgan fingerprint density at radius 3 is 2.47 bits per heavy atom. The Bertz CT molecular complexity index is 1040. The van der Waals surface area contributed by atoms with Gasteiger partial charge in [-0.2, -0.15) is 0 Å². The summed E-state index contributed by atoms with van der Waals surface area (Å²) in [6.07, 6.45) is 0.919. The normalized spacial score (nSPS) is 13.7. The quantitative estimate of drug-likeness (QED) is 0.565. The van der Waals surface area contributed by atoms with Crippen LogP contribution in [0, 0.1) is 0 Å². The predicted molar refractivity (Wildman–Crippen MR) is 129 cm³/mol. The van der Waals surface area contributed by atoms with E-state index >= 15 is 0 Å². The molecule has 0 bridgehead atoms. The summed E-state index contributed by atoms with van der Waals surface area (Å²) >= 11 is 1.48. The fraction of sp³-hybridized carbons (Fsp3) is 0.280. The molecule has 1 N–H and O–H groups in total. The number of hydrogen-bond acceptors (Lipinski definition) is 5. The second-order valence-electron chi connectivity index (χ2n) is 7.63. The Balaban J connectivity index is 1.32. The van der Waals surface area contributed by atoms with E-state index in [4.69, 9.17) is 4.74 Å². The van der Waals surface area contributed by atoms with Crippen LogP contribution in [0.4, 0.5) is 11.4 Å². The molecular formula is C25H27N3O3S. The third-order valence-electron chi connectivity index (χ3n) is 5.36. The van der Waals surface area contributed by atoms with Gasteiger partial charge in [-0.15, -0.1) is 11.3 Å². The number of benzene rings is 2. The van der Waals surface area contributed by atoms with Crippen molar-refractivity contribution >= 4 is 34.5 Å². The fourth-order valence-electron chi connectivity index (χ4n) is 3.63. The highest BCUT2D eigenvalue weighted by molar-refractivity contribution is 7.12. The van der Waals surface area contributed by atoms with Gasteiger partial charge < -0.3 is 19.9 Å². The summed E-state index contributed by atoms with van der Waals surface area (Å²) in [4.78, 5) is 30.1. The first-order chi connectivity index (χ1) is 15.6. The van der Waals surface area contributed by atoms with Crippen LogP contribution in [-0.4, -0.2) is 49.5 Å². The maximum atomic E-state index is 12.6. The summed E-state index contributed by atoms with van der Waals surface area (Å²) in [5.41, 5.74) is 2.39. The maximum absolute atomic E-state index is 12.6. The molecule has 2 heterocycles. The van der Waals surface area contributed by atoms with Crippen LogP contribution in [0.2, 0.25) is 0 Å². The van der Waals surface area contributed by atoms with E-state index in [1.165, 1.54) is 11.3 Å². The molecule has 4 rings (SSSR count). The maximum Gasteiger partial charge on any atom is 0.264 e. The number of nitrogens with one attached hydrogen (secondary N) is 1. The van der Waals surface area contributed by atoms with E-state index in [1.807, 2.05) is 65.7 Å². The lowest BCUT2D eigenvalue weighted by molar-refractivity contribution is 0.0751. The topological polar surface area (TPSA) is 61.9 Å². The second-order valence-corrected chi connectivity index (χ2v) is 8.58. The highest BCUT2D eigenvalue weighted by atomic mass is 32.1. The molecule has 166 valence electrons. The van der Waals surface area contributed by atoms with Crippen molar-refractivity contribution in [1.29, 1.82) is 0 Å². The highest BCUT2D eigenvalue weighted by Gasteiger charge is 2.22. The Hall–Kier alpha value is -3.32. The van der Waals surface area contributed by atoms with Gasteiger partial charge in [0.1, 0.15) is 5.75 Å². The van der Waals surface area contributed by atoms with Crippen molar-refractivity contribution in [2.24, 2.45) is 0 Å². The highest BCUT2D eigenvalue weighted by Crippen LogP contribution is 2.22. The Kier molecular flexibility index (Phi) is 7.07. The van der Waals surface area contributed by atoms with Crippen LogP contribution in [0.3, 0.4) is 0 Å². The van der Waals surface area contributed by atoms with E-state index in [9.17, 15) is 9.59 Å². The molecule has 0 unspecified atom stereocenters. The number of hydrogen-bond donors (Lipinski definition) is 1. The zero-order valence-corrected chi connectivity index (χ0v) is 18.9. The molecule has 32 heavy (non-hydrogen) atoms. The number of anilines is 2. The van der Waals surface area contributed by atoms with Crippen LogP contribution in [0.1, 0.15) is 33.4 Å². The van der Waals surface area contributed by atoms with Crippen LogP contribution in [0.5, 0.6) is 5.75 Å². The third-order valence-corrected chi connectivity index (χ3v) is 6.22. The number of carbonyl (C=O) groups is 2. The van der Waals surface area contributed by atoms with Crippen molar-refractivity contribution in [2.45, 2.75) is 13.3 Å². The lowest BCUT2D eigenvalue weighted by atomic mass is 10.2. The van der Waals surface area contributed by atoms with Gasteiger partial charge in [0.05, 0.1) is 11.5 Å². The molecule has 0 spiro atoms. The van der Waals surface area contributed by atoms with E-state index in [0.717, 1.165) is 35.8 Å². The first-order valence-corrected chi connectivity index (χ1v) is 11.7. The molecule has 1 aliphatic heterocycles. The van der Waals surface area contributed by atoms with Crippen molar-refractivity contribution in [2.75, 3.05) is 43.0 Å². The van der Waals surface area contributed by atoms with Gasteiger partial charge in [-0.05, 0) is 60.3 Å². The zero-order valence-electron chi connectivity index (χ0n) is 18.1. The molecule has 1 fully saturated rings. The number of rotatable bonds is 7. The fourth-order valence-corrected chi connectivity index (χ4v) is 4.32. The number of carbonyl (C=O) groups excluding carboxylic acids is 2. The van der Waals surface area contributed by atoms with E-state index in [-0.39, 0.29) is 11.8 Å². The van der Waals surface area contributed by atoms with Crippen LogP contribution >= 0.6 is 11.3 Å². The number of thiophene rings is 1. The van der Waals surface area contributed by atoms with Crippen molar-refractivity contribution in [1.82, 2.24) is 4.90 Å². The molecule has 2 aromatic carbocycles. The Morgan fingerprint density at radius 1 is 1.00 bits per heavy atom. The van der Waals surface area contributed by atoms with Crippen molar-refractivity contribution in [3.8, 4) is 5.75 Å². The molecule has 0 radical (unpaired) electrons. The summed E-state index contributed by atoms with van der Waals surface area (Å²) in [6, 6.07) is 18.8. The van der Waals surface area contributed by atoms with Gasteiger partial charge >= 0.3 is 0 Å². The Labute approximate surface area is 192 Å². The molecular weight excluding hydrogens is 422 g/mol. The van der Waals surface area contributed by atoms with Crippen LogP contribution < -0.4 is 15.0 Å². The van der Waals surface area contributed by atoms with Gasteiger partial charge in [-0.25, -0.2) is 0 Å². The molecule has 3 aromatic rings. The minimum Gasteiger partial charge on any atom is -0.494 e. The largest absolute Gasteiger partial charge is 0.494 e. The SMILES string of the molecule is CCCOc1cccc(C(=O)Nc2ccc(N3CCN(C(=O)c4cccs4)CC3)cc2)c1. The lowest BCUT2D eigenvalue weighted by Crippen LogP contribution is -2.48. The number of ether oxygens (including phenoxy) is 1. The second kappa shape index (κ2) is 10.3. The molecule has 1 aliphatic rings. The van der Waals surface area contributed by atoms with E-state index in [1.54, 1.807) is 12.1 Å². The van der Waals surface area contributed by atoms with Gasteiger partial charge in [-0.1, -0.05) is 19.1 Å². The molecule has 0 atom stereocenters. The molecule has 1 aromatic heterocycles. The number of amides is 2. The standard InChI is InChI=1S/C25H27N3O3S/c1-2-16-31-22-6-3-5-19(18-22)24(29)26-20-8-10-21(11-9-20)27-12-14-28(15-13-27)25(30)23-7-4-17-32-23/h3-11,17-18H,2,12-16H2,1H3,(H,26,29). The average Bonchev–Trinajstić information content (AvgIpc) is 3.38. The first kappa shape index (κ1) is 21.9. The molecule has 0 saturated carbocycles. The van der Waals surface area contributed by atoms with Gasteiger partial charge in [0.15, 0.2) is 0 Å². The van der Waals surface area contributed by atoms with Gasteiger partial charge in [-0.3, -0.25) is 9.59 Å². The molecule has 6 nitrogen and oxygen atoms in total. The van der Waals surface area contributed by atoms with Crippen molar-refractivity contribution in [3.63, 3.8) is 0 Å². The lowest BCUT2D eigenvalue weighted by Gasteiger charge is -2.36. The van der Waals surface area contributed by atoms with Crippen molar-refractivity contribution in [3.05, 3.63) is 76.5 Å².